The summed E-state index contributed by atoms with van der Waals surface area (Å²) < 4.78 is 18.4. The number of hydrogen-bond donors (Lipinski definition) is 3. The molecule has 8 heteroatoms. The predicted octanol–water partition coefficient (Wildman–Crippen LogP) is 14.4. The first-order valence-corrected chi connectivity index (χ1v) is 22.9. The number of rotatable bonds is 39. The molecule has 3 N–H and O–H groups in total. The molecule has 47 heavy (non-hydrogen) atoms. The molecule has 6 nitrogen and oxygen atoms in total. The molecular weight excluding hydrogens is 626 g/mol. The molecule has 0 aromatic carbocycles. The summed E-state index contributed by atoms with van der Waals surface area (Å²) in [6.45, 7) is 9.26. The number of unbranched alkanes of at least 4 members (excludes halogenated alkanes) is 30. The fourth-order valence-electron chi connectivity index (χ4n) is 5.83. The zero-order valence-corrected chi connectivity index (χ0v) is 33.7. The van der Waals surface area contributed by atoms with Crippen LogP contribution in [-0.4, -0.2) is 34.5 Å². The van der Waals surface area contributed by atoms with E-state index in [0.717, 1.165) is 39.1 Å². The van der Waals surface area contributed by atoms with Gasteiger partial charge >= 0.3 is 17.2 Å². The maximum absolute atomic E-state index is 7.23. The van der Waals surface area contributed by atoms with Crippen LogP contribution in [0.5, 0.6) is 0 Å². The van der Waals surface area contributed by atoms with Gasteiger partial charge in [0.15, 0.2) is 0 Å². The molecule has 0 bridgehead atoms. The van der Waals surface area contributed by atoms with Crippen LogP contribution in [-0.2, 0) is 13.6 Å². The average Bonchev–Trinajstić information content (AvgIpc) is 3.05. The summed E-state index contributed by atoms with van der Waals surface area (Å²) >= 11 is 0. The summed E-state index contributed by atoms with van der Waals surface area (Å²) in [6.07, 6.45) is 45.1. The summed E-state index contributed by atoms with van der Waals surface area (Å²) in [7, 11) is -3.79. The van der Waals surface area contributed by atoms with E-state index in [1.807, 2.05) is 0 Å². The Bertz CT molecular complexity index is 460. The van der Waals surface area contributed by atoms with Crippen molar-refractivity contribution in [1.29, 1.82) is 0 Å². The third-order valence-electron chi connectivity index (χ3n) is 8.83. The maximum Gasteiger partial charge on any atom is 0.332 e. The minimum atomic E-state index is -2.62. The first kappa shape index (κ1) is 49.7. The van der Waals surface area contributed by atoms with E-state index in [2.05, 4.69) is 20.8 Å². The van der Waals surface area contributed by atoms with Crippen molar-refractivity contribution in [3.63, 3.8) is 0 Å². The van der Waals surface area contributed by atoms with Crippen LogP contribution < -0.4 is 0 Å². The van der Waals surface area contributed by atoms with Crippen molar-refractivity contribution in [3.8, 4) is 0 Å². The Balaban J connectivity index is 0. The van der Waals surface area contributed by atoms with Gasteiger partial charge < -0.3 is 28.3 Å². The molecule has 0 atom stereocenters. The van der Waals surface area contributed by atoms with Gasteiger partial charge in [-0.3, -0.25) is 0 Å². The van der Waals surface area contributed by atoms with Crippen LogP contribution in [0.3, 0.4) is 0 Å². The summed E-state index contributed by atoms with van der Waals surface area (Å²) in [6, 6.07) is 0. The molecule has 0 aliphatic heterocycles. The molecule has 0 unspecified atom stereocenters. The molecule has 0 rings (SSSR count). The van der Waals surface area contributed by atoms with Crippen molar-refractivity contribution in [3.05, 3.63) is 0 Å². The van der Waals surface area contributed by atoms with Gasteiger partial charge in [0.05, 0.1) is 19.8 Å². The van der Waals surface area contributed by atoms with Crippen molar-refractivity contribution < 1.29 is 28.3 Å². The highest BCUT2D eigenvalue weighted by atomic mass is 31.2. The third-order valence-corrected chi connectivity index (χ3v) is 10.0. The maximum atomic E-state index is 7.23. The fraction of sp³-hybridized carbons (Fsp3) is 1.00. The van der Waals surface area contributed by atoms with E-state index in [1.54, 1.807) is 0 Å². The van der Waals surface area contributed by atoms with Crippen LogP contribution in [0.15, 0.2) is 0 Å². The van der Waals surface area contributed by atoms with Gasteiger partial charge in [0.25, 0.3) is 0 Å². The van der Waals surface area contributed by atoms with Crippen molar-refractivity contribution in [2.45, 2.75) is 233 Å². The van der Waals surface area contributed by atoms with Crippen molar-refractivity contribution in [2.75, 3.05) is 19.8 Å². The van der Waals surface area contributed by atoms with Crippen LogP contribution in [0.4, 0.5) is 0 Å². The molecule has 0 saturated heterocycles. The lowest BCUT2D eigenvalue weighted by molar-refractivity contribution is 0.153. The van der Waals surface area contributed by atoms with Gasteiger partial charge in [0, 0.05) is 0 Å². The molecule has 0 aromatic heterocycles. The molecule has 0 saturated carbocycles. The Morgan fingerprint density at radius 2 is 0.426 bits per heavy atom. The predicted molar refractivity (Wildman–Crippen MR) is 208 cm³/mol. The Morgan fingerprint density at radius 1 is 0.277 bits per heavy atom. The summed E-state index contributed by atoms with van der Waals surface area (Å²) in [4.78, 5) is 21.7. The fourth-order valence-corrected chi connectivity index (χ4v) is 6.89. The van der Waals surface area contributed by atoms with E-state index >= 15 is 0 Å². The van der Waals surface area contributed by atoms with E-state index in [9.17, 15) is 0 Å². The number of hydrogen-bond acceptors (Lipinski definition) is 6. The molecule has 0 radical (unpaired) electrons. The third kappa shape index (κ3) is 51.1. The monoisotopic (exact) mass is 711 g/mol. The molecule has 0 amide bonds. The van der Waals surface area contributed by atoms with Crippen LogP contribution in [0, 0.1) is 0 Å². The van der Waals surface area contributed by atoms with Gasteiger partial charge in [-0.2, -0.15) is 0 Å². The second-order valence-corrected chi connectivity index (χ2v) is 15.4. The molecule has 0 aliphatic carbocycles. The SMILES string of the molecule is CCCCCCCCCCCCCOP(OCCCCCCCCCCCCC)OCCCCCCCCCCCCC.OP(O)O. The normalized spacial score (nSPS) is 11.5. The lowest BCUT2D eigenvalue weighted by Gasteiger charge is -2.17. The molecular formula is C39H84O6P2. The second kappa shape index (κ2) is 46.6. The van der Waals surface area contributed by atoms with Crippen LogP contribution in [0.2, 0.25) is 0 Å². The Morgan fingerprint density at radius 3 is 0.596 bits per heavy atom. The molecule has 0 fully saturated rings. The Kier molecular flexibility index (Phi) is 49.3. The standard InChI is InChI=1S/C39H81O3P.H3O3P/c1-4-7-10-13-16-19-22-25-28-31-34-37-40-43(41-38-35-32-29-26-23-20-17-14-11-8-5-2)42-39-36-33-30-27-24-21-18-15-12-9-6-3;1-4(2)3/h4-39H2,1-3H3;1-3H. The van der Waals surface area contributed by atoms with Gasteiger partial charge in [0.1, 0.15) is 0 Å². The quantitative estimate of drug-likeness (QED) is 0.0435. The lowest BCUT2D eigenvalue weighted by Crippen LogP contribution is -2.00. The van der Waals surface area contributed by atoms with E-state index < -0.39 is 17.2 Å². The lowest BCUT2D eigenvalue weighted by atomic mass is 10.1. The highest BCUT2D eigenvalue weighted by molar-refractivity contribution is 7.41. The first-order chi connectivity index (χ1) is 23.1. The van der Waals surface area contributed by atoms with Crippen LogP contribution in [0.1, 0.15) is 233 Å². The van der Waals surface area contributed by atoms with Gasteiger partial charge in [-0.1, -0.05) is 213 Å². The summed E-state index contributed by atoms with van der Waals surface area (Å²) in [5.41, 5.74) is 0. The second-order valence-electron chi connectivity index (χ2n) is 13.6. The van der Waals surface area contributed by atoms with Crippen molar-refractivity contribution in [1.82, 2.24) is 0 Å². The van der Waals surface area contributed by atoms with Crippen LogP contribution in [0.25, 0.3) is 0 Å². The molecule has 0 aromatic rings. The van der Waals surface area contributed by atoms with E-state index in [-0.39, 0.29) is 0 Å². The Hall–Kier alpha value is 0.620. The zero-order chi connectivity index (χ0) is 34.7. The summed E-state index contributed by atoms with van der Waals surface area (Å²) in [5, 5.41) is 0. The van der Waals surface area contributed by atoms with Gasteiger partial charge in [-0.05, 0) is 19.3 Å². The molecule has 0 aliphatic rings. The highest BCUT2D eigenvalue weighted by Crippen LogP contribution is 2.40. The van der Waals surface area contributed by atoms with Crippen LogP contribution >= 0.6 is 17.2 Å². The molecule has 0 heterocycles. The van der Waals surface area contributed by atoms with Gasteiger partial charge in [-0.15, -0.1) is 0 Å². The minimum Gasteiger partial charge on any atom is -0.328 e. The smallest absolute Gasteiger partial charge is 0.328 e. The van der Waals surface area contributed by atoms with E-state index in [4.69, 9.17) is 28.3 Å². The minimum absolute atomic E-state index is 0.791. The van der Waals surface area contributed by atoms with E-state index in [1.165, 1.54) is 193 Å². The van der Waals surface area contributed by atoms with Crippen molar-refractivity contribution in [2.24, 2.45) is 0 Å². The van der Waals surface area contributed by atoms with Crippen molar-refractivity contribution >= 4 is 17.2 Å². The topological polar surface area (TPSA) is 88.4 Å². The van der Waals surface area contributed by atoms with Gasteiger partial charge in [-0.25, -0.2) is 0 Å². The average molecular weight is 711 g/mol. The zero-order valence-electron chi connectivity index (χ0n) is 31.9. The molecule has 286 valence electrons. The summed E-state index contributed by atoms with van der Waals surface area (Å²) in [5.74, 6) is 0. The van der Waals surface area contributed by atoms with E-state index in [0.29, 0.717) is 0 Å². The molecule has 0 spiro atoms. The first-order valence-electron chi connectivity index (χ1n) is 20.6. The van der Waals surface area contributed by atoms with Gasteiger partial charge in [0.2, 0.25) is 0 Å². The largest absolute Gasteiger partial charge is 0.332 e. The Labute approximate surface area is 297 Å². The highest BCUT2D eigenvalue weighted by Gasteiger charge is 2.12.